The Labute approximate surface area is 247 Å². The van der Waals surface area contributed by atoms with Crippen LogP contribution in [0.2, 0.25) is 0 Å². The van der Waals surface area contributed by atoms with Gasteiger partial charge in [0.25, 0.3) is 11.5 Å². The third-order valence-electron chi connectivity index (χ3n) is 6.24. The van der Waals surface area contributed by atoms with Crippen LogP contribution in [0.15, 0.2) is 76.2 Å². The zero-order valence-corrected chi connectivity index (χ0v) is 23.0. The first-order valence-electron chi connectivity index (χ1n) is 12.1. The molecule has 2 aromatic carbocycles. The van der Waals surface area contributed by atoms with Crippen molar-refractivity contribution in [1.82, 2.24) is 10.6 Å². The van der Waals surface area contributed by atoms with Crippen molar-refractivity contribution in [3.63, 3.8) is 0 Å². The largest absolute Gasteiger partial charge is 0.435 e. The molecule has 1 aliphatic rings. The number of nitrogens with one attached hydrogen (secondary N) is 2. The van der Waals surface area contributed by atoms with Gasteiger partial charge in [0, 0.05) is 23.1 Å². The Bertz CT molecular complexity index is 1570. The summed E-state index contributed by atoms with van der Waals surface area (Å²) in [5.74, 6) is -4.07. The van der Waals surface area contributed by atoms with Gasteiger partial charge in [-0.1, -0.05) is 53.7 Å². The first-order valence-corrected chi connectivity index (χ1v) is 12.5. The normalized spacial score (nSPS) is 18.4. The third-order valence-corrected chi connectivity index (χ3v) is 6.41. The van der Waals surface area contributed by atoms with Crippen LogP contribution in [0, 0.1) is 0 Å². The molecule has 44 heavy (non-hydrogen) atoms. The average molecular weight is 660 g/mol. The monoisotopic (exact) mass is 659 g/mol. The standard InChI is InChI=1S/C27H20ClF10N3O3/c1-13(9-19(26(33,34)35)22(29)14(2)28)24(27(36,37)38)10-20(41-44-24)17-7-8-18(16-6-4-3-5-15(16)17)23(43)39-11-21(42)40-12-25(30,31)32/h3-9H,1,10-12H2,2H3,(H,39,43)(H,40,42)/b19-9+,22-14-/t24-/m0/s1. The van der Waals surface area contributed by atoms with Gasteiger partial charge in [-0.2, -0.15) is 39.5 Å². The van der Waals surface area contributed by atoms with Crippen molar-refractivity contribution in [2.75, 3.05) is 13.1 Å². The van der Waals surface area contributed by atoms with Crippen LogP contribution in [-0.2, 0) is 9.63 Å². The number of oxime groups is 1. The van der Waals surface area contributed by atoms with Gasteiger partial charge in [-0.3, -0.25) is 9.59 Å². The Hall–Kier alpha value is -4.08. The first-order chi connectivity index (χ1) is 20.2. The summed E-state index contributed by atoms with van der Waals surface area (Å²) in [6.07, 6.45) is -16.9. The van der Waals surface area contributed by atoms with Crippen LogP contribution in [0.3, 0.4) is 0 Å². The van der Waals surface area contributed by atoms with Gasteiger partial charge in [-0.25, -0.2) is 4.39 Å². The van der Waals surface area contributed by atoms with Crippen LogP contribution in [0.5, 0.6) is 0 Å². The van der Waals surface area contributed by atoms with Crippen LogP contribution in [-0.4, -0.2) is 54.7 Å². The fraction of sp³-hybridized carbons (Fsp3) is 0.296. The highest BCUT2D eigenvalue weighted by molar-refractivity contribution is 6.29. The van der Waals surface area contributed by atoms with Crippen molar-refractivity contribution in [3.05, 3.63) is 82.2 Å². The van der Waals surface area contributed by atoms with Gasteiger partial charge in [0.2, 0.25) is 5.91 Å². The average Bonchev–Trinajstić information content (AvgIpc) is 3.38. The number of carbonyl (C=O) groups excluding carboxylic acids is 2. The van der Waals surface area contributed by atoms with E-state index in [0.29, 0.717) is 0 Å². The van der Waals surface area contributed by atoms with E-state index in [9.17, 15) is 53.5 Å². The lowest BCUT2D eigenvalue weighted by Crippen LogP contribution is -2.46. The van der Waals surface area contributed by atoms with Crippen molar-refractivity contribution in [2.45, 2.75) is 37.5 Å². The maximum atomic E-state index is 14.4. The zero-order chi connectivity index (χ0) is 33.3. The number of allylic oxidation sites excluding steroid dienone is 3. The summed E-state index contributed by atoms with van der Waals surface area (Å²) in [6, 6.07) is 7.97. The van der Waals surface area contributed by atoms with Crippen molar-refractivity contribution in [1.29, 1.82) is 0 Å². The molecular weight excluding hydrogens is 640 g/mol. The number of halogens is 11. The molecule has 6 nitrogen and oxygen atoms in total. The SMILES string of the molecule is C=C(/C=C(\C(F)=C(/C)Cl)C(F)(F)F)[C@]1(C(F)(F)F)CC(c2ccc(C(=O)NCC(=O)NCC(F)(F)F)c3ccccc23)=NO1. The molecule has 0 bridgehead atoms. The molecule has 0 spiro atoms. The molecule has 0 fully saturated rings. The number of fused-ring (bicyclic) bond motifs is 1. The van der Waals surface area contributed by atoms with Gasteiger partial charge >= 0.3 is 18.5 Å². The molecule has 0 saturated heterocycles. The molecule has 1 heterocycles. The maximum absolute atomic E-state index is 14.4. The molecule has 0 radical (unpaired) electrons. The molecule has 17 heteroatoms. The van der Waals surface area contributed by atoms with Gasteiger partial charge < -0.3 is 15.5 Å². The van der Waals surface area contributed by atoms with Gasteiger partial charge in [-0.15, -0.1) is 0 Å². The number of benzene rings is 2. The lowest BCUT2D eigenvalue weighted by Gasteiger charge is -2.30. The van der Waals surface area contributed by atoms with Gasteiger partial charge in [0.1, 0.15) is 12.4 Å². The van der Waals surface area contributed by atoms with Gasteiger partial charge in [-0.05, 0) is 29.8 Å². The van der Waals surface area contributed by atoms with E-state index in [1.54, 1.807) is 5.32 Å². The number of alkyl halides is 9. The molecule has 0 aromatic heterocycles. The zero-order valence-electron chi connectivity index (χ0n) is 22.2. The van der Waals surface area contributed by atoms with Gasteiger partial charge in [0.05, 0.1) is 22.9 Å². The molecule has 1 aliphatic heterocycles. The van der Waals surface area contributed by atoms with E-state index in [4.69, 9.17) is 16.4 Å². The highest BCUT2D eigenvalue weighted by atomic mass is 35.5. The second kappa shape index (κ2) is 12.5. The summed E-state index contributed by atoms with van der Waals surface area (Å²) in [6.45, 7) is 1.40. The molecule has 0 aliphatic carbocycles. The Morgan fingerprint density at radius 3 is 2.18 bits per heavy atom. The molecule has 3 rings (SSSR count). The summed E-state index contributed by atoms with van der Waals surface area (Å²) in [4.78, 5) is 29.1. The van der Waals surface area contributed by atoms with Crippen molar-refractivity contribution < 1.29 is 58.3 Å². The second-order valence-electron chi connectivity index (χ2n) is 9.34. The van der Waals surface area contributed by atoms with Crippen molar-refractivity contribution in [2.24, 2.45) is 5.16 Å². The molecular formula is C27H20ClF10N3O3. The van der Waals surface area contributed by atoms with Gasteiger partial charge in [0.15, 0.2) is 0 Å². The van der Waals surface area contributed by atoms with E-state index in [1.165, 1.54) is 24.3 Å². The number of hydrogen-bond donors (Lipinski definition) is 2. The van der Waals surface area contributed by atoms with Crippen molar-refractivity contribution in [3.8, 4) is 0 Å². The summed E-state index contributed by atoms with van der Waals surface area (Å²) in [5, 5.41) is 6.46. The van der Waals surface area contributed by atoms with Crippen LogP contribution in [0.25, 0.3) is 10.8 Å². The summed E-state index contributed by atoms with van der Waals surface area (Å²) in [7, 11) is 0. The van der Waals surface area contributed by atoms with E-state index in [2.05, 4.69) is 17.1 Å². The molecule has 0 unspecified atom stereocenters. The minimum absolute atomic E-state index is 0.0262. The Kier molecular flexibility index (Phi) is 9.77. The summed E-state index contributed by atoms with van der Waals surface area (Å²) in [5.41, 5.74) is -7.54. The van der Waals surface area contributed by atoms with Crippen molar-refractivity contribution >= 4 is 39.9 Å². The first kappa shape index (κ1) is 34.4. The predicted molar refractivity (Wildman–Crippen MR) is 139 cm³/mol. The Morgan fingerprint density at radius 1 is 1.02 bits per heavy atom. The number of amides is 2. The lowest BCUT2D eigenvalue weighted by molar-refractivity contribution is -0.251. The predicted octanol–water partition coefficient (Wildman–Crippen LogP) is 7.16. The number of rotatable bonds is 8. The van der Waals surface area contributed by atoms with E-state index >= 15 is 0 Å². The molecule has 2 N–H and O–H groups in total. The number of nitrogens with zero attached hydrogens (tertiary/aromatic N) is 1. The maximum Gasteiger partial charge on any atom is 0.435 e. The second-order valence-corrected chi connectivity index (χ2v) is 9.91. The number of carbonyl (C=O) groups is 2. The molecule has 238 valence electrons. The number of hydrogen-bond acceptors (Lipinski definition) is 4. The summed E-state index contributed by atoms with van der Waals surface area (Å²) < 4.78 is 135. The third kappa shape index (κ3) is 7.52. The smallest absolute Gasteiger partial charge is 0.374 e. The van der Waals surface area contributed by atoms with E-state index in [-0.39, 0.29) is 28.0 Å². The fourth-order valence-electron chi connectivity index (χ4n) is 4.10. The molecule has 2 amide bonds. The van der Waals surface area contributed by atoms with Crippen LogP contribution >= 0.6 is 11.6 Å². The van der Waals surface area contributed by atoms with E-state index in [1.807, 2.05) is 0 Å². The van der Waals surface area contributed by atoms with Crippen LogP contribution in [0.1, 0.15) is 29.3 Å². The topological polar surface area (TPSA) is 79.8 Å². The Morgan fingerprint density at radius 2 is 1.64 bits per heavy atom. The fourth-order valence-corrected chi connectivity index (χ4v) is 4.20. The lowest BCUT2D eigenvalue weighted by atomic mass is 9.84. The van der Waals surface area contributed by atoms with E-state index in [0.717, 1.165) is 19.1 Å². The minimum Gasteiger partial charge on any atom is -0.374 e. The van der Waals surface area contributed by atoms with Crippen LogP contribution < -0.4 is 10.6 Å². The highest BCUT2D eigenvalue weighted by Gasteiger charge is 2.63. The quantitative estimate of drug-likeness (QED) is 0.233. The molecule has 2 aromatic rings. The van der Waals surface area contributed by atoms with E-state index < -0.39 is 83.2 Å². The highest BCUT2D eigenvalue weighted by Crippen LogP contribution is 2.48. The van der Waals surface area contributed by atoms with Crippen LogP contribution in [0.4, 0.5) is 43.9 Å². The Balaban J connectivity index is 1.96. The summed E-state index contributed by atoms with van der Waals surface area (Å²) >= 11 is 5.32. The molecule has 1 atom stereocenters. The molecule has 0 saturated carbocycles. The minimum atomic E-state index is -5.45.